The average molecular weight is 253 g/mol. The molecule has 0 saturated heterocycles. The van der Waals surface area contributed by atoms with Crippen LogP contribution in [-0.2, 0) is 4.74 Å². The summed E-state index contributed by atoms with van der Waals surface area (Å²) in [7, 11) is 1.65. The van der Waals surface area contributed by atoms with Gasteiger partial charge in [-0.05, 0) is 18.1 Å². The second-order valence-corrected chi connectivity index (χ2v) is 4.41. The lowest BCUT2D eigenvalue weighted by molar-refractivity contribution is 0.0689. The summed E-state index contributed by atoms with van der Waals surface area (Å²) in [6, 6.07) is 3.14. The predicted molar refractivity (Wildman–Crippen MR) is 67.9 cm³/mol. The van der Waals surface area contributed by atoms with Crippen LogP contribution < -0.4 is 4.90 Å². The minimum absolute atomic E-state index is 0.0463. The topological polar surface area (TPSA) is 75.5 Å². The van der Waals surface area contributed by atoms with E-state index in [4.69, 9.17) is 9.84 Å². The Morgan fingerprint density at radius 3 is 2.61 bits per heavy atom. The molecular formula is C12H19N3O3. The molecule has 6 heteroatoms. The van der Waals surface area contributed by atoms with Gasteiger partial charge in [0.15, 0.2) is 11.5 Å². The first-order valence-corrected chi connectivity index (χ1v) is 5.85. The van der Waals surface area contributed by atoms with Gasteiger partial charge in [0.1, 0.15) is 0 Å². The van der Waals surface area contributed by atoms with Gasteiger partial charge in [-0.2, -0.15) is 0 Å². The van der Waals surface area contributed by atoms with Gasteiger partial charge in [-0.25, -0.2) is 4.79 Å². The van der Waals surface area contributed by atoms with Gasteiger partial charge in [0, 0.05) is 20.2 Å². The Labute approximate surface area is 107 Å². The predicted octanol–water partition coefficient (Wildman–Crippen LogP) is 1.28. The van der Waals surface area contributed by atoms with Gasteiger partial charge in [0.25, 0.3) is 0 Å². The summed E-state index contributed by atoms with van der Waals surface area (Å²) >= 11 is 0. The van der Waals surface area contributed by atoms with E-state index in [1.54, 1.807) is 13.2 Å². The van der Waals surface area contributed by atoms with Crippen molar-refractivity contribution in [2.45, 2.75) is 13.8 Å². The second kappa shape index (κ2) is 6.90. The Balaban J connectivity index is 2.80. The van der Waals surface area contributed by atoms with E-state index in [1.165, 1.54) is 6.07 Å². The van der Waals surface area contributed by atoms with E-state index in [-0.39, 0.29) is 5.69 Å². The van der Waals surface area contributed by atoms with Crippen molar-refractivity contribution in [1.82, 2.24) is 10.2 Å². The maximum Gasteiger partial charge on any atom is 0.356 e. The molecule has 0 radical (unpaired) electrons. The Hall–Kier alpha value is -1.69. The highest BCUT2D eigenvalue weighted by Crippen LogP contribution is 2.11. The first-order valence-electron chi connectivity index (χ1n) is 5.85. The van der Waals surface area contributed by atoms with Crippen molar-refractivity contribution in [3.05, 3.63) is 17.8 Å². The van der Waals surface area contributed by atoms with Crippen LogP contribution >= 0.6 is 0 Å². The van der Waals surface area contributed by atoms with Crippen LogP contribution in [0.4, 0.5) is 5.82 Å². The molecule has 0 amide bonds. The highest BCUT2D eigenvalue weighted by atomic mass is 16.5. The molecule has 0 aliphatic carbocycles. The van der Waals surface area contributed by atoms with Crippen LogP contribution in [0.3, 0.4) is 0 Å². The molecule has 0 aromatic carbocycles. The first kappa shape index (κ1) is 14.4. The summed E-state index contributed by atoms with van der Waals surface area (Å²) in [5, 5.41) is 16.4. The molecule has 1 N–H and O–H groups in total. The fourth-order valence-electron chi connectivity index (χ4n) is 1.55. The number of hydrogen-bond donors (Lipinski definition) is 1. The third-order valence-electron chi connectivity index (χ3n) is 2.34. The molecule has 1 heterocycles. The van der Waals surface area contributed by atoms with Gasteiger partial charge in [0.2, 0.25) is 0 Å². The number of rotatable bonds is 7. The van der Waals surface area contributed by atoms with E-state index in [1.807, 2.05) is 4.90 Å². The van der Waals surface area contributed by atoms with Crippen molar-refractivity contribution in [2.24, 2.45) is 5.92 Å². The van der Waals surface area contributed by atoms with Crippen LogP contribution in [0, 0.1) is 5.92 Å². The normalized spacial score (nSPS) is 10.7. The van der Waals surface area contributed by atoms with Crippen molar-refractivity contribution in [3.63, 3.8) is 0 Å². The lowest BCUT2D eigenvalue weighted by Gasteiger charge is -2.24. The molecule has 0 aliphatic rings. The number of ether oxygens (including phenoxy) is 1. The van der Waals surface area contributed by atoms with Crippen LogP contribution in [0.1, 0.15) is 24.3 Å². The number of aromatic carboxylic acids is 1. The third kappa shape index (κ3) is 4.29. The third-order valence-corrected chi connectivity index (χ3v) is 2.34. The smallest absolute Gasteiger partial charge is 0.356 e. The Morgan fingerprint density at radius 1 is 1.44 bits per heavy atom. The van der Waals surface area contributed by atoms with Gasteiger partial charge >= 0.3 is 5.97 Å². The average Bonchev–Trinajstić information content (AvgIpc) is 2.34. The summed E-state index contributed by atoms with van der Waals surface area (Å²) in [5.74, 6) is 0.0786. The zero-order chi connectivity index (χ0) is 13.5. The summed E-state index contributed by atoms with van der Waals surface area (Å²) in [6.45, 7) is 6.34. The number of hydrogen-bond acceptors (Lipinski definition) is 5. The fraction of sp³-hybridized carbons (Fsp3) is 0.583. The van der Waals surface area contributed by atoms with Crippen LogP contribution in [0.2, 0.25) is 0 Å². The quantitative estimate of drug-likeness (QED) is 0.789. The van der Waals surface area contributed by atoms with E-state index in [0.29, 0.717) is 24.9 Å². The summed E-state index contributed by atoms with van der Waals surface area (Å²) in [5.41, 5.74) is -0.0463. The van der Waals surface area contributed by atoms with Crippen molar-refractivity contribution >= 4 is 11.8 Å². The van der Waals surface area contributed by atoms with Crippen molar-refractivity contribution in [2.75, 3.05) is 31.7 Å². The molecule has 0 fully saturated rings. The number of carboxylic acid groups (broad SMARTS) is 1. The van der Waals surface area contributed by atoms with Gasteiger partial charge < -0.3 is 14.7 Å². The number of carbonyl (C=O) groups is 1. The van der Waals surface area contributed by atoms with E-state index in [0.717, 1.165) is 6.54 Å². The molecule has 6 nitrogen and oxygen atoms in total. The number of carboxylic acids is 1. The Bertz CT molecular complexity index is 379. The fourth-order valence-corrected chi connectivity index (χ4v) is 1.55. The molecule has 1 aromatic heterocycles. The van der Waals surface area contributed by atoms with Crippen LogP contribution in [0.25, 0.3) is 0 Å². The maximum atomic E-state index is 10.7. The molecule has 0 aliphatic heterocycles. The van der Waals surface area contributed by atoms with Gasteiger partial charge in [-0.3, -0.25) is 0 Å². The highest BCUT2D eigenvalue weighted by Gasteiger charge is 2.12. The van der Waals surface area contributed by atoms with Crippen LogP contribution in [-0.4, -0.2) is 48.1 Å². The van der Waals surface area contributed by atoms with E-state index >= 15 is 0 Å². The largest absolute Gasteiger partial charge is 0.476 e. The van der Waals surface area contributed by atoms with Gasteiger partial charge in [0.05, 0.1) is 6.61 Å². The summed E-state index contributed by atoms with van der Waals surface area (Å²) < 4.78 is 5.05. The van der Waals surface area contributed by atoms with E-state index < -0.39 is 5.97 Å². The number of anilines is 1. The summed E-state index contributed by atoms with van der Waals surface area (Å²) in [4.78, 5) is 12.7. The number of methoxy groups -OCH3 is 1. The summed E-state index contributed by atoms with van der Waals surface area (Å²) in [6.07, 6.45) is 0. The molecule has 0 bridgehead atoms. The lowest BCUT2D eigenvalue weighted by atomic mass is 10.2. The van der Waals surface area contributed by atoms with Crippen molar-refractivity contribution in [1.29, 1.82) is 0 Å². The highest BCUT2D eigenvalue weighted by molar-refractivity contribution is 5.85. The van der Waals surface area contributed by atoms with E-state index in [2.05, 4.69) is 24.0 Å². The molecule has 1 rings (SSSR count). The number of aromatic nitrogens is 2. The lowest BCUT2D eigenvalue weighted by Crippen LogP contribution is -2.32. The van der Waals surface area contributed by atoms with Crippen LogP contribution in [0.5, 0.6) is 0 Å². The minimum Gasteiger partial charge on any atom is -0.476 e. The van der Waals surface area contributed by atoms with Crippen LogP contribution in [0.15, 0.2) is 12.1 Å². The van der Waals surface area contributed by atoms with E-state index in [9.17, 15) is 4.79 Å². The zero-order valence-electron chi connectivity index (χ0n) is 11.0. The van der Waals surface area contributed by atoms with Crippen molar-refractivity contribution < 1.29 is 14.6 Å². The number of nitrogens with zero attached hydrogens (tertiary/aromatic N) is 3. The Morgan fingerprint density at radius 2 is 2.17 bits per heavy atom. The molecule has 0 spiro atoms. The molecule has 0 unspecified atom stereocenters. The minimum atomic E-state index is -1.07. The maximum absolute atomic E-state index is 10.7. The monoisotopic (exact) mass is 253 g/mol. The molecule has 0 saturated carbocycles. The standard InChI is InChI=1S/C12H19N3O3/c1-9(2)8-15(6-7-18-3)11-5-4-10(12(16)17)13-14-11/h4-5,9H,6-8H2,1-3H3,(H,16,17). The van der Waals surface area contributed by atoms with Crippen molar-refractivity contribution in [3.8, 4) is 0 Å². The molecular weight excluding hydrogens is 234 g/mol. The first-order chi connectivity index (χ1) is 8.54. The molecule has 1 aromatic rings. The zero-order valence-corrected chi connectivity index (χ0v) is 11.0. The SMILES string of the molecule is COCCN(CC(C)C)c1ccc(C(=O)O)nn1. The molecule has 0 atom stereocenters. The molecule has 18 heavy (non-hydrogen) atoms. The Kier molecular flexibility index (Phi) is 5.51. The van der Waals surface area contributed by atoms with Gasteiger partial charge in [-0.15, -0.1) is 10.2 Å². The van der Waals surface area contributed by atoms with Gasteiger partial charge in [-0.1, -0.05) is 13.8 Å². The second-order valence-electron chi connectivity index (χ2n) is 4.41. The molecule has 100 valence electrons.